The van der Waals surface area contributed by atoms with E-state index in [-0.39, 0.29) is 30.2 Å². The van der Waals surface area contributed by atoms with Gasteiger partial charge in [-0.15, -0.1) is 0 Å². The summed E-state index contributed by atoms with van der Waals surface area (Å²) in [5.74, 6) is -1.47. The van der Waals surface area contributed by atoms with Gasteiger partial charge < -0.3 is 19.5 Å². The molecule has 1 saturated heterocycles. The van der Waals surface area contributed by atoms with E-state index in [4.69, 9.17) is 14.2 Å². The van der Waals surface area contributed by atoms with Crippen LogP contribution < -0.4 is 14.8 Å². The van der Waals surface area contributed by atoms with Crippen molar-refractivity contribution in [2.45, 2.75) is 43.0 Å². The topological polar surface area (TPSA) is 111 Å². The van der Waals surface area contributed by atoms with Gasteiger partial charge in [0.2, 0.25) is 10.0 Å². The van der Waals surface area contributed by atoms with Crippen LogP contribution in [0.25, 0.3) is 0 Å². The van der Waals surface area contributed by atoms with Crippen LogP contribution >= 0.6 is 0 Å². The summed E-state index contributed by atoms with van der Waals surface area (Å²) in [7, 11) is -4.10. The van der Waals surface area contributed by atoms with Gasteiger partial charge in [-0.25, -0.2) is 8.42 Å². The van der Waals surface area contributed by atoms with Crippen molar-refractivity contribution in [1.82, 2.24) is 9.62 Å². The largest absolute Gasteiger partial charge is 0.486 e. The van der Waals surface area contributed by atoms with Crippen molar-refractivity contribution in [1.29, 1.82) is 0 Å². The van der Waals surface area contributed by atoms with Crippen molar-refractivity contribution >= 4 is 21.9 Å². The Balaban J connectivity index is 1.69. The fourth-order valence-corrected chi connectivity index (χ4v) is 4.88. The first-order valence-electron chi connectivity index (χ1n) is 9.45. The molecule has 0 aliphatic carbocycles. The summed E-state index contributed by atoms with van der Waals surface area (Å²) in [5.41, 5.74) is 0. The van der Waals surface area contributed by atoms with Crippen LogP contribution in [-0.2, 0) is 24.3 Å². The van der Waals surface area contributed by atoms with E-state index in [1.807, 2.05) is 0 Å². The van der Waals surface area contributed by atoms with Crippen molar-refractivity contribution < 1.29 is 45.4 Å². The molecule has 0 bridgehead atoms. The van der Waals surface area contributed by atoms with Crippen LogP contribution in [0.3, 0.4) is 0 Å². The molecule has 1 amide bonds. The lowest BCUT2D eigenvalue weighted by molar-refractivity contribution is -0.160. The fourth-order valence-electron chi connectivity index (χ4n) is 3.22. The highest BCUT2D eigenvalue weighted by Gasteiger charge is 2.42. The lowest BCUT2D eigenvalue weighted by Gasteiger charge is -2.25. The molecule has 2 heterocycles. The highest BCUT2D eigenvalue weighted by molar-refractivity contribution is 7.89. The predicted molar refractivity (Wildman–Crippen MR) is 99.0 cm³/mol. The molecule has 0 spiro atoms. The second-order valence-electron chi connectivity index (χ2n) is 6.99. The smallest absolute Gasteiger partial charge is 0.405 e. The molecule has 3 rings (SSSR count). The minimum absolute atomic E-state index is 0.0468. The van der Waals surface area contributed by atoms with Crippen molar-refractivity contribution in [2.24, 2.45) is 0 Å². The Labute approximate surface area is 176 Å². The van der Waals surface area contributed by atoms with Gasteiger partial charge in [0, 0.05) is 12.6 Å². The molecule has 1 fully saturated rings. The molecule has 0 radical (unpaired) electrons. The van der Waals surface area contributed by atoms with Crippen LogP contribution in [0.2, 0.25) is 0 Å². The number of esters is 1. The number of sulfonamides is 1. The SMILES string of the molecule is C[C@@H](OC(=O)[C@@H]1CCCN1S(=O)(=O)c1ccc2c(c1)OCCO2)C(=O)NCC(F)(F)F. The predicted octanol–water partition coefficient (Wildman–Crippen LogP) is 1.22. The zero-order valence-corrected chi connectivity index (χ0v) is 17.3. The molecule has 0 saturated carbocycles. The maximum Gasteiger partial charge on any atom is 0.405 e. The fraction of sp³-hybridized carbons (Fsp3) is 0.556. The summed E-state index contributed by atoms with van der Waals surface area (Å²) in [4.78, 5) is 24.1. The number of rotatable bonds is 6. The van der Waals surface area contributed by atoms with Gasteiger partial charge in [0.15, 0.2) is 17.6 Å². The molecule has 0 aromatic heterocycles. The highest BCUT2D eigenvalue weighted by Crippen LogP contribution is 2.35. The van der Waals surface area contributed by atoms with E-state index in [1.165, 1.54) is 18.2 Å². The summed E-state index contributed by atoms with van der Waals surface area (Å²) in [5, 5.41) is 1.62. The lowest BCUT2D eigenvalue weighted by Crippen LogP contribution is -2.45. The zero-order valence-electron chi connectivity index (χ0n) is 16.5. The van der Waals surface area contributed by atoms with Crippen molar-refractivity contribution in [3.05, 3.63) is 18.2 Å². The summed E-state index contributed by atoms with van der Waals surface area (Å²) >= 11 is 0. The number of halogens is 3. The van der Waals surface area contributed by atoms with Gasteiger partial charge in [0.1, 0.15) is 25.8 Å². The minimum Gasteiger partial charge on any atom is -0.486 e. The molecule has 1 N–H and O–H groups in total. The van der Waals surface area contributed by atoms with Crippen LogP contribution in [0.5, 0.6) is 11.5 Å². The van der Waals surface area contributed by atoms with E-state index in [0.29, 0.717) is 18.8 Å². The number of benzene rings is 1. The van der Waals surface area contributed by atoms with Gasteiger partial charge in [-0.05, 0) is 31.9 Å². The van der Waals surface area contributed by atoms with Crippen LogP contribution in [-0.4, -0.2) is 69.2 Å². The van der Waals surface area contributed by atoms with Gasteiger partial charge in [-0.1, -0.05) is 0 Å². The van der Waals surface area contributed by atoms with Crippen LogP contribution in [0.15, 0.2) is 23.1 Å². The number of hydrogen-bond donors (Lipinski definition) is 1. The molecule has 1 aromatic carbocycles. The van der Waals surface area contributed by atoms with Gasteiger partial charge in [-0.3, -0.25) is 9.59 Å². The number of alkyl halides is 3. The third-order valence-corrected chi connectivity index (χ3v) is 6.63. The van der Waals surface area contributed by atoms with Crippen molar-refractivity contribution in [3.63, 3.8) is 0 Å². The normalized spacial score (nSPS) is 20.2. The lowest BCUT2D eigenvalue weighted by atomic mass is 10.2. The van der Waals surface area contributed by atoms with E-state index in [9.17, 15) is 31.2 Å². The van der Waals surface area contributed by atoms with Crippen LogP contribution in [0, 0.1) is 0 Å². The molecule has 2 aliphatic heterocycles. The first-order chi connectivity index (χ1) is 14.5. The van der Waals surface area contributed by atoms with E-state index < -0.39 is 46.8 Å². The third-order valence-electron chi connectivity index (χ3n) is 4.72. The molecule has 13 heteroatoms. The Bertz CT molecular complexity index is 952. The van der Waals surface area contributed by atoms with E-state index in [1.54, 1.807) is 5.32 Å². The molecule has 0 unspecified atom stereocenters. The number of ether oxygens (including phenoxy) is 3. The number of fused-ring (bicyclic) bond motifs is 1. The third kappa shape index (κ3) is 5.39. The number of carbonyl (C=O) groups excluding carboxylic acids is 2. The van der Waals surface area contributed by atoms with Gasteiger partial charge in [0.25, 0.3) is 5.91 Å². The summed E-state index contributed by atoms with van der Waals surface area (Å²) in [6, 6.07) is 2.89. The second-order valence-corrected chi connectivity index (χ2v) is 8.88. The molecule has 172 valence electrons. The molecule has 31 heavy (non-hydrogen) atoms. The van der Waals surface area contributed by atoms with Crippen molar-refractivity contribution in [3.8, 4) is 11.5 Å². The quantitative estimate of drug-likeness (QED) is 0.628. The van der Waals surface area contributed by atoms with Gasteiger partial charge in [0.05, 0.1) is 4.90 Å². The van der Waals surface area contributed by atoms with Gasteiger partial charge >= 0.3 is 12.1 Å². The molecule has 2 atom stereocenters. The number of nitrogens with one attached hydrogen (secondary N) is 1. The van der Waals surface area contributed by atoms with E-state index in [2.05, 4.69) is 0 Å². The summed E-state index contributed by atoms with van der Waals surface area (Å²) < 4.78 is 79.5. The molecular formula is C18H21F3N2O7S. The average Bonchev–Trinajstić information content (AvgIpc) is 3.22. The number of hydrogen-bond acceptors (Lipinski definition) is 7. The summed E-state index contributed by atoms with van der Waals surface area (Å²) in [6.45, 7) is 0.197. The molecule has 2 aliphatic rings. The standard InChI is InChI=1S/C18H21F3N2O7S/c1-11(16(24)22-10-18(19,20)21)30-17(25)13-3-2-6-23(13)31(26,27)12-4-5-14-15(9-12)29-8-7-28-14/h4-5,9,11,13H,2-3,6-8,10H2,1H3,(H,22,24)/t11-,13+/m1/s1. The highest BCUT2D eigenvalue weighted by atomic mass is 32.2. The maximum absolute atomic E-state index is 13.1. The molecular weight excluding hydrogens is 445 g/mol. The first kappa shape index (κ1) is 23.1. The van der Waals surface area contributed by atoms with E-state index in [0.717, 1.165) is 11.2 Å². The Morgan fingerprint density at radius 3 is 2.61 bits per heavy atom. The van der Waals surface area contributed by atoms with Crippen LogP contribution in [0.4, 0.5) is 13.2 Å². The number of nitrogens with zero attached hydrogens (tertiary/aromatic N) is 1. The minimum atomic E-state index is -4.61. The van der Waals surface area contributed by atoms with Crippen molar-refractivity contribution in [2.75, 3.05) is 26.3 Å². The van der Waals surface area contributed by atoms with Gasteiger partial charge in [-0.2, -0.15) is 17.5 Å². The molecule has 1 aromatic rings. The Morgan fingerprint density at radius 1 is 1.26 bits per heavy atom. The first-order valence-corrected chi connectivity index (χ1v) is 10.9. The average molecular weight is 466 g/mol. The van der Waals surface area contributed by atoms with E-state index >= 15 is 0 Å². The second kappa shape index (κ2) is 8.91. The number of carbonyl (C=O) groups is 2. The Kier molecular flexibility index (Phi) is 6.65. The Hall–Kier alpha value is -2.54. The maximum atomic E-state index is 13.1. The number of amides is 1. The van der Waals surface area contributed by atoms with Crippen LogP contribution in [0.1, 0.15) is 19.8 Å². The summed E-state index contributed by atoms with van der Waals surface area (Å²) in [6.07, 6.45) is -5.61. The Morgan fingerprint density at radius 2 is 1.94 bits per heavy atom. The zero-order chi connectivity index (χ0) is 22.8. The molecule has 9 nitrogen and oxygen atoms in total. The monoisotopic (exact) mass is 466 g/mol.